The van der Waals surface area contributed by atoms with Gasteiger partial charge in [-0.2, -0.15) is 0 Å². The standard InChI is InChI=1S/C15H14FNO4S/c1-21-13-6-3-5-12(9-13)17-15(18)10-22(19,20)14-7-2-4-11(16)8-14/h2-9H,10H2,1H3,(H,17,18). The molecule has 0 aliphatic rings. The predicted octanol–water partition coefficient (Wildman–Crippen LogP) is 2.25. The summed E-state index contributed by atoms with van der Waals surface area (Å²) >= 11 is 0. The lowest BCUT2D eigenvalue weighted by Gasteiger charge is -2.08. The van der Waals surface area contributed by atoms with E-state index in [2.05, 4.69) is 5.32 Å². The second kappa shape index (κ2) is 6.57. The summed E-state index contributed by atoms with van der Waals surface area (Å²) in [6, 6.07) is 11.1. The van der Waals surface area contributed by atoms with Crippen LogP contribution in [0.1, 0.15) is 0 Å². The largest absolute Gasteiger partial charge is 0.497 e. The van der Waals surface area contributed by atoms with Gasteiger partial charge in [0.05, 0.1) is 12.0 Å². The predicted molar refractivity (Wildman–Crippen MR) is 80.1 cm³/mol. The molecule has 0 radical (unpaired) electrons. The lowest BCUT2D eigenvalue weighted by molar-refractivity contribution is -0.113. The molecule has 1 N–H and O–H groups in total. The van der Waals surface area contributed by atoms with E-state index in [-0.39, 0.29) is 4.90 Å². The summed E-state index contributed by atoms with van der Waals surface area (Å²) in [5.41, 5.74) is 0.416. The van der Waals surface area contributed by atoms with Gasteiger partial charge in [-0.3, -0.25) is 4.79 Å². The third-order valence-electron chi connectivity index (χ3n) is 2.83. The smallest absolute Gasteiger partial charge is 0.239 e. The number of methoxy groups -OCH3 is 1. The number of benzene rings is 2. The van der Waals surface area contributed by atoms with Crippen molar-refractivity contribution in [3.63, 3.8) is 0 Å². The number of halogens is 1. The van der Waals surface area contributed by atoms with Gasteiger partial charge >= 0.3 is 0 Å². The molecule has 0 aromatic heterocycles. The molecule has 116 valence electrons. The molecule has 2 aromatic rings. The molecule has 0 saturated heterocycles. The van der Waals surface area contributed by atoms with Crippen LogP contribution in [0.4, 0.5) is 10.1 Å². The number of carbonyl (C=O) groups is 1. The minimum absolute atomic E-state index is 0.228. The van der Waals surface area contributed by atoms with Gasteiger partial charge in [-0.15, -0.1) is 0 Å². The highest BCUT2D eigenvalue weighted by atomic mass is 32.2. The number of hydrogen-bond donors (Lipinski definition) is 1. The molecular weight excluding hydrogens is 309 g/mol. The highest BCUT2D eigenvalue weighted by Gasteiger charge is 2.20. The summed E-state index contributed by atoms with van der Waals surface area (Å²) in [5.74, 6) is -1.62. The minimum atomic E-state index is -3.90. The Morgan fingerprint density at radius 3 is 2.59 bits per heavy atom. The van der Waals surface area contributed by atoms with Crippen molar-refractivity contribution >= 4 is 21.4 Å². The average Bonchev–Trinajstić information content (AvgIpc) is 2.46. The molecule has 7 heteroatoms. The fourth-order valence-corrected chi connectivity index (χ4v) is 2.98. The number of carbonyl (C=O) groups excluding carboxylic acids is 1. The Labute approximate surface area is 127 Å². The van der Waals surface area contributed by atoms with Gasteiger partial charge in [0.25, 0.3) is 0 Å². The summed E-state index contributed by atoms with van der Waals surface area (Å²) in [6.07, 6.45) is 0. The van der Waals surface area contributed by atoms with Crippen molar-refractivity contribution in [3.8, 4) is 5.75 Å². The summed E-state index contributed by atoms with van der Waals surface area (Å²) in [4.78, 5) is 11.6. The minimum Gasteiger partial charge on any atom is -0.497 e. The molecule has 2 rings (SSSR count). The van der Waals surface area contributed by atoms with Crippen molar-refractivity contribution in [2.45, 2.75) is 4.90 Å². The monoisotopic (exact) mass is 323 g/mol. The molecule has 0 aliphatic heterocycles. The molecule has 0 unspecified atom stereocenters. The van der Waals surface area contributed by atoms with Crippen LogP contribution >= 0.6 is 0 Å². The first-order chi connectivity index (χ1) is 10.4. The third kappa shape index (κ3) is 4.05. The lowest BCUT2D eigenvalue weighted by atomic mass is 10.3. The maximum Gasteiger partial charge on any atom is 0.239 e. The lowest BCUT2D eigenvalue weighted by Crippen LogP contribution is -2.23. The molecule has 0 aliphatic carbocycles. The van der Waals surface area contributed by atoms with E-state index in [0.717, 1.165) is 12.1 Å². The first kappa shape index (κ1) is 16.0. The molecule has 1 amide bonds. The zero-order valence-electron chi connectivity index (χ0n) is 11.7. The number of ether oxygens (including phenoxy) is 1. The molecule has 22 heavy (non-hydrogen) atoms. The SMILES string of the molecule is COc1cccc(NC(=O)CS(=O)(=O)c2cccc(F)c2)c1. The van der Waals surface area contributed by atoms with Crippen LogP contribution in [-0.4, -0.2) is 27.2 Å². The van der Waals surface area contributed by atoms with Gasteiger partial charge in [0, 0.05) is 11.8 Å². The van der Waals surface area contributed by atoms with E-state index in [1.165, 1.54) is 19.2 Å². The van der Waals surface area contributed by atoms with Crippen LogP contribution in [0, 0.1) is 5.82 Å². The number of hydrogen-bond acceptors (Lipinski definition) is 4. The normalized spacial score (nSPS) is 11.0. The van der Waals surface area contributed by atoms with Crippen LogP contribution in [0.2, 0.25) is 0 Å². The van der Waals surface area contributed by atoms with E-state index in [1.807, 2.05) is 0 Å². The number of amides is 1. The van der Waals surface area contributed by atoms with Crippen LogP contribution < -0.4 is 10.1 Å². The van der Waals surface area contributed by atoms with Crippen LogP contribution in [0.15, 0.2) is 53.4 Å². The van der Waals surface area contributed by atoms with Gasteiger partial charge in [-0.1, -0.05) is 12.1 Å². The zero-order valence-corrected chi connectivity index (χ0v) is 12.6. The summed E-state index contributed by atoms with van der Waals surface area (Å²) in [7, 11) is -2.42. The fourth-order valence-electron chi connectivity index (χ4n) is 1.81. The molecule has 5 nitrogen and oxygen atoms in total. The van der Waals surface area contributed by atoms with Gasteiger partial charge in [0.2, 0.25) is 5.91 Å². The third-order valence-corrected chi connectivity index (χ3v) is 4.44. The Bertz CT molecular complexity index is 790. The van der Waals surface area contributed by atoms with Crippen LogP contribution in [0.5, 0.6) is 5.75 Å². The number of rotatable bonds is 5. The second-order valence-electron chi connectivity index (χ2n) is 4.50. The molecule has 0 fully saturated rings. The van der Waals surface area contributed by atoms with E-state index < -0.39 is 27.3 Å². The summed E-state index contributed by atoms with van der Waals surface area (Å²) in [5, 5.41) is 2.47. The van der Waals surface area contributed by atoms with Crippen molar-refractivity contribution in [2.75, 3.05) is 18.2 Å². The maximum absolute atomic E-state index is 13.1. The van der Waals surface area contributed by atoms with Gasteiger partial charge in [0.1, 0.15) is 17.3 Å². The zero-order chi connectivity index (χ0) is 16.2. The molecule has 0 atom stereocenters. The van der Waals surface area contributed by atoms with Crippen molar-refractivity contribution in [3.05, 3.63) is 54.3 Å². The average molecular weight is 323 g/mol. The maximum atomic E-state index is 13.1. The van der Waals surface area contributed by atoms with E-state index in [9.17, 15) is 17.6 Å². The van der Waals surface area contributed by atoms with Crippen molar-refractivity contribution < 1.29 is 22.3 Å². The Morgan fingerprint density at radius 1 is 1.18 bits per heavy atom. The van der Waals surface area contributed by atoms with E-state index in [4.69, 9.17) is 4.74 Å². The van der Waals surface area contributed by atoms with E-state index in [0.29, 0.717) is 11.4 Å². The van der Waals surface area contributed by atoms with Crippen molar-refractivity contribution in [1.29, 1.82) is 0 Å². The number of anilines is 1. The van der Waals surface area contributed by atoms with Gasteiger partial charge in [-0.25, -0.2) is 12.8 Å². The Kier molecular flexibility index (Phi) is 4.77. The molecular formula is C15H14FNO4S. The quantitative estimate of drug-likeness (QED) is 0.916. The highest BCUT2D eigenvalue weighted by molar-refractivity contribution is 7.92. The molecule has 0 spiro atoms. The van der Waals surface area contributed by atoms with Crippen LogP contribution in [0.25, 0.3) is 0 Å². The van der Waals surface area contributed by atoms with E-state index >= 15 is 0 Å². The summed E-state index contributed by atoms with van der Waals surface area (Å²) in [6.45, 7) is 0. The van der Waals surface area contributed by atoms with Crippen LogP contribution in [0.3, 0.4) is 0 Å². The summed E-state index contributed by atoms with van der Waals surface area (Å²) < 4.78 is 42.2. The van der Waals surface area contributed by atoms with Gasteiger partial charge in [0.15, 0.2) is 9.84 Å². The van der Waals surface area contributed by atoms with Crippen molar-refractivity contribution in [1.82, 2.24) is 0 Å². The van der Waals surface area contributed by atoms with Crippen LogP contribution in [-0.2, 0) is 14.6 Å². The molecule has 0 saturated carbocycles. The Morgan fingerprint density at radius 2 is 1.91 bits per heavy atom. The fraction of sp³-hybridized carbons (Fsp3) is 0.133. The van der Waals surface area contributed by atoms with E-state index in [1.54, 1.807) is 24.3 Å². The Balaban J connectivity index is 2.11. The second-order valence-corrected chi connectivity index (χ2v) is 6.49. The molecule has 0 heterocycles. The number of sulfone groups is 1. The first-order valence-electron chi connectivity index (χ1n) is 6.33. The molecule has 2 aromatic carbocycles. The van der Waals surface area contributed by atoms with Gasteiger partial charge < -0.3 is 10.1 Å². The highest BCUT2D eigenvalue weighted by Crippen LogP contribution is 2.17. The number of nitrogens with one attached hydrogen (secondary N) is 1. The topological polar surface area (TPSA) is 72.5 Å². The van der Waals surface area contributed by atoms with Crippen molar-refractivity contribution in [2.24, 2.45) is 0 Å². The first-order valence-corrected chi connectivity index (χ1v) is 7.98. The van der Waals surface area contributed by atoms with Gasteiger partial charge in [-0.05, 0) is 30.3 Å². The Hall–Kier alpha value is -2.41. The molecule has 0 bridgehead atoms.